The number of hydrogen-bond acceptors (Lipinski definition) is 3. The molecule has 0 atom stereocenters. The number of carbonyl (C=O) groups excluding carboxylic acids is 1. The highest BCUT2D eigenvalue weighted by atomic mass is 32.1. The van der Waals surface area contributed by atoms with E-state index < -0.39 is 5.54 Å². The minimum atomic E-state index is -0.553. The normalized spacial score (nSPS) is 18.5. The molecule has 0 unspecified atom stereocenters. The third kappa shape index (κ3) is 3.16. The summed E-state index contributed by atoms with van der Waals surface area (Å²) in [6.45, 7) is 3.73. The second-order valence-electron chi connectivity index (χ2n) is 5.57. The average Bonchev–Trinajstić information content (AvgIpc) is 2.41. The van der Waals surface area contributed by atoms with Crippen LogP contribution in [0.1, 0.15) is 28.8 Å². The maximum atomic E-state index is 12.4. The third-order valence-electron chi connectivity index (χ3n) is 3.95. The average molecular weight is 291 g/mol. The summed E-state index contributed by atoms with van der Waals surface area (Å²) in [5, 5.41) is 3.06. The molecule has 0 saturated carbocycles. The lowest BCUT2D eigenvalue weighted by Crippen LogP contribution is -2.61. The van der Waals surface area contributed by atoms with Gasteiger partial charge in [0.15, 0.2) is 0 Å². The number of benzene rings is 1. The van der Waals surface area contributed by atoms with E-state index in [9.17, 15) is 4.79 Å². The van der Waals surface area contributed by atoms with Gasteiger partial charge in [0.1, 0.15) is 0 Å². The van der Waals surface area contributed by atoms with Gasteiger partial charge in [0.2, 0.25) is 0 Å². The fourth-order valence-electron chi connectivity index (χ4n) is 2.51. The first kappa shape index (κ1) is 14.9. The molecule has 20 heavy (non-hydrogen) atoms. The Morgan fingerprint density at radius 2 is 2.05 bits per heavy atom. The molecular formula is C15H21N3OS. The highest BCUT2D eigenvalue weighted by molar-refractivity contribution is 7.80. The maximum Gasteiger partial charge on any atom is 0.252 e. The van der Waals surface area contributed by atoms with Gasteiger partial charge in [0.05, 0.1) is 10.5 Å². The summed E-state index contributed by atoms with van der Waals surface area (Å²) in [5.41, 5.74) is 7.06. The van der Waals surface area contributed by atoms with E-state index in [0.29, 0.717) is 10.6 Å². The van der Waals surface area contributed by atoms with E-state index in [1.165, 1.54) is 0 Å². The van der Waals surface area contributed by atoms with Crippen LogP contribution < -0.4 is 11.1 Å². The van der Waals surface area contributed by atoms with E-state index in [1.54, 1.807) is 0 Å². The Bertz CT molecular complexity index is 522. The summed E-state index contributed by atoms with van der Waals surface area (Å²) in [5.74, 6) is -0.106. The van der Waals surface area contributed by atoms with Gasteiger partial charge in [0, 0.05) is 18.7 Å². The van der Waals surface area contributed by atoms with Crippen LogP contribution in [0.5, 0.6) is 0 Å². The monoisotopic (exact) mass is 291 g/mol. The Morgan fingerprint density at radius 3 is 2.60 bits per heavy atom. The first-order valence-corrected chi connectivity index (χ1v) is 7.21. The van der Waals surface area contributed by atoms with Crippen LogP contribution in [0.4, 0.5) is 0 Å². The molecule has 0 bridgehead atoms. The molecule has 1 aliphatic heterocycles. The quantitative estimate of drug-likeness (QED) is 0.828. The van der Waals surface area contributed by atoms with Crippen LogP contribution in [0.2, 0.25) is 0 Å². The van der Waals surface area contributed by atoms with Crippen molar-refractivity contribution in [3.05, 3.63) is 35.4 Å². The third-order valence-corrected chi connectivity index (χ3v) is 4.34. The van der Waals surface area contributed by atoms with Crippen LogP contribution in [0, 0.1) is 6.92 Å². The van der Waals surface area contributed by atoms with Crippen LogP contribution in [0.25, 0.3) is 0 Å². The largest absolute Gasteiger partial charge is 0.391 e. The molecule has 0 aromatic heterocycles. The Hall–Kier alpha value is -1.46. The first-order chi connectivity index (χ1) is 9.43. The number of likely N-dealkylation sites (tertiary alicyclic amines) is 1. The summed E-state index contributed by atoms with van der Waals surface area (Å²) in [7, 11) is 2.06. The van der Waals surface area contributed by atoms with Crippen molar-refractivity contribution in [3.8, 4) is 0 Å². The van der Waals surface area contributed by atoms with Gasteiger partial charge in [-0.3, -0.25) is 4.79 Å². The smallest absolute Gasteiger partial charge is 0.252 e. The van der Waals surface area contributed by atoms with E-state index in [-0.39, 0.29) is 5.91 Å². The Balaban J connectivity index is 2.17. The molecule has 3 N–H and O–H groups in total. The van der Waals surface area contributed by atoms with Gasteiger partial charge < -0.3 is 16.0 Å². The molecule has 1 amide bonds. The number of rotatable bonds is 3. The lowest BCUT2D eigenvalue weighted by molar-refractivity contribution is 0.0890. The molecule has 0 spiro atoms. The Morgan fingerprint density at radius 1 is 1.40 bits per heavy atom. The van der Waals surface area contributed by atoms with E-state index in [2.05, 4.69) is 17.3 Å². The topological polar surface area (TPSA) is 58.4 Å². The van der Waals surface area contributed by atoms with Crippen molar-refractivity contribution in [2.75, 3.05) is 20.1 Å². The van der Waals surface area contributed by atoms with E-state index in [1.807, 2.05) is 31.2 Å². The second-order valence-corrected chi connectivity index (χ2v) is 6.01. The number of carbonyl (C=O) groups is 1. The molecule has 1 heterocycles. The molecule has 1 aromatic rings. The van der Waals surface area contributed by atoms with Crippen molar-refractivity contribution < 1.29 is 4.79 Å². The molecule has 2 rings (SSSR count). The lowest BCUT2D eigenvalue weighted by Gasteiger charge is -2.40. The number of amides is 1. The van der Waals surface area contributed by atoms with Crippen LogP contribution in [0.15, 0.2) is 24.3 Å². The molecular weight excluding hydrogens is 270 g/mol. The number of nitrogens with one attached hydrogen (secondary N) is 1. The van der Waals surface area contributed by atoms with Crippen molar-refractivity contribution in [2.24, 2.45) is 5.73 Å². The number of hydrogen-bond donors (Lipinski definition) is 2. The van der Waals surface area contributed by atoms with Gasteiger partial charge in [-0.05, 0) is 38.9 Å². The Labute approximate surface area is 125 Å². The first-order valence-electron chi connectivity index (χ1n) is 6.81. The lowest BCUT2D eigenvalue weighted by atomic mass is 9.87. The highest BCUT2D eigenvalue weighted by Crippen LogP contribution is 2.23. The number of nitrogens with two attached hydrogens (primary N) is 1. The summed E-state index contributed by atoms with van der Waals surface area (Å²) in [6, 6.07) is 7.53. The van der Waals surface area contributed by atoms with Crippen LogP contribution in [0.3, 0.4) is 0 Å². The van der Waals surface area contributed by atoms with Gasteiger partial charge in [-0.25, -0.2) is 0 Å². The summed E-state index contributed by atoms with van der Waals surface area (Å²) in [4.78, 5) is 15.0. The Kier molecular flexibility index (Phi) is 4.40. The fourth-order valence-corrected chi connectivity index (χ4v) is 2.76. The predicted molar refractivity (Wildman–Crippen MR) is 84.9 cm³/mol. The van der Waals surface area contributed by atoms with Gasteiger partial charge in [-0.1, -0.05) is 29.9 Å². The zero-order chi connectivity index (χ0) is 14.8. The summed E-state index contributed by atoms with van der Waals surface area (Å²) >= 11 is 5.20. The van der Waals surface area contributed by atoms with Crippen molar-refractivity contribution >= 4 is 23.1 Å². The van der Waals surface area contributed by atoms with E-state index in [0.717, 1.165) is 31.5 Å². The van der Waals surface area contributed by atoms with Crippen molar-refractivity contribution in [3.63, 3.8) is 0 Å². The minimum Gasteiger partial charge on any atom is -0.391 e. The van der Waals surface area contributed by atoms with E-state index >= 15 is 0 Å². The van der Waals surface area contributed by atoms with Crippen molar-refractivity contribution in [2.45, 2.75) is 25.3 Å². The molecule has 1 saturated heterocycles. The molecule has 1 fully saturated rings. The van der Waals surface area contributed by atoms with Gasteiger partial charge in [0.25, 0.3) is 5.91 Å². The number of aryl methyl sites for hydroxylation is 1. The number of thiocarbonyl (C=S) groups is 1. The number of piperidine rings is 1. The molecule has 1 aliphatic rings. The van der Waals surface area contributed by atoms with Crippen LogP contribution >= 0.6 is 12.2 Å². The SMILES string of the molecule is Cc1cccc(C(=O)NC2(C(N)=S)CCN(C)CC2)c1. The fraction of sp³-hybridized carbons (Fsp3) is 0.467. The second kappa shape index (κ2) is 5.89. The minimum absolute atomic E-state index is 0.106. The zero-order valence-electron chi connectivity index (χ0n) is 12.0. The van der Waals surface area contributed by atoms with E-state index in [4.69, 9.17) is 18.0 Å². The van der Waals surface area contributed by atoms with Gasteiger partial charge >= 0.3 is 0 Å². The summed E-state index contributed by atoms with van der Waals surface area (Å²) < 4.78 is 0. The molecule has 4 nitrogen and oxygen atoms in total. The molecule has 1 aromatic carbocycles. The molecule has 0 radical (unpaired) electrons. The molecule has 0 aliphatic carbocycles. The van der Waals surface area contributed by atoms with Crippen LogP contribution in [-0.2, 0) is 0 Å². The highest BCUT2D eigenvalue weighted by Gasteiger charge is 2.38. The summed E-state index contributed by atoms with van der Waals surface area (Å²) in [6.07, 6.45) is 1.52. The zero-order valence-corrected chi connectivity index (χ0v) is 12.8. The standard InChI is InChI=1S/C15H21N3OS/c1-11-4-3-5-12(10-11)13(19)17-15(14(16)20)6-8-18(2)9-7-15/h3-5,10H,6-9H2,1-2H3,(H2,16,20)(H,17,19). The van der Waals surface area contributed by atoms with Gasteiger partial charge in [-0.15, -0.1) is 0 Å². The molecule has 108 valence electrons. The molecule has 5 heteroatoms. The maximum absolute atomic E-state index is 12.4. The van der Waals surface area contributed by atoms with Crippen LogP contribution in [-0.4, -0.2) is 41.5 Å². The van der Waals surface area contributed by atoms with Gasteiger partial charge in [-0.2, -0.15) is 0 Å². The van der Waals surface area contributed by atoms with Crippen molar-refractivity contribution in [1.29, 1.82) is 0 Å². The predicted octanol–water partition coefficient (Wildman–Crippen LogP) is 1.48. The van der Waals surface area contributed by atoms with Crippen molar-refractivity contribution in [1.82, 2.24) is 10.2 Å². The number of nitrogens with zero attached hydrogens (tertiary/aromatic N) is 1.